The van der Waals surface area contributed by atoms with Crippen molar-refractivity contribution in [2.24, 2.45) is 0 Å². The van der Waals surface area contributed by atoms with Crippen LogP contribution in [0, 0.1) is 0 Å². The number of carbonyl (C=O) groups is 1. The van der Waals surface area contributed by atoms with Crippen LogP contribution >= 0.6 is 15.9 Å². The van der Waals surface area contributed by atoms with Gasteiger partial charge in [-0.2, -0.15) is 17.6 Å². The number of nitrogens with one attached hydrogen (secondary N) is 1. The molecular weight excluding hydrogens is 522 g/mol. The third kappa shape index (κ3) is 7.24. The summed E-state index contributed by atoms with van der Waals surface area (Å²) in [5, 5.41) is 2.31. The van der Waals surface area contributed by atoms with E-state index in [-0.39, 0.29) is 11.3 Å². The van der Waals surface area contributed by atoms with Gasteiger partial charge in [0.05, 0.1) is 0 Å². The van der Waals surface area contributed by atoms with Crippen molar-refractivity contribution in [3.63, 3.8) is 0 Å². The van der Waals surface area contributed by atoms with Crippen molar-refractivity contribution in [3.05, 3.63) is 52.5 Å². The van der Waals surface area contributed by atoms with Crippen LogP contribution in [0.25, 0.3) is 0 Å². The molecule has 0 aromatic heterocycles. The molecule has 1 N–H and O–H groups in total. The average Bonchev–Trinajstić information content (AvgIpc) is 2.71. The molecule has 13 heteroatoms. The number of rotatable bonds is 10. The van der Waals surface area contributed by atoms with Crippen LogP contribution in [0.3, 0.4) is 0 Å². The third-order valence-electron chi connectivity index (χ3n) is 3.75. The lowest BCUT2D eigenvalue weighted by molar-refractivity contribution is -0.149. The number of halogens is 9. The van der Waals surface area contributed by atoms with Crippen LogP contribution in [0.15, 0.2) is 46.9 Å². The topological polar surface area (TPSA) is 47.6 Å². The number of hydrogen-bond donors (Lipinski definition) is 1. The highest BCUT2D eigenvalue weighted by molar-refractivity contribution is 9.10. The Morgan fingerprint density at radius 2 is 1.28 bits per heavy atom. The molecule has 32 heavy (non-hydrogen) atoms. The van der Waals surface area contributed by atoms with Crippen molar-refractivity contribution in [3.8, 4) is 11.5 Å². The van der Waals surface area contributed by atoms with E-state index in [0.29, 0.717) is 4.47 Å². The first-order valence-corrected chi connectivity index (χ1v) is 9.39. The molecule has 0 aliphatic heterocycles. The highest BCUT2D eigenvalue weighted by atomic mass is 79.9. The Morgan fingerprint density at radius 1 is 0.844 bits per heavy atom. The minimum atomic E-state index is -4.53. The van der Waals surface area contributed by atoms with Crippen LogP contribution < -0.4 is 14.8 Å². The Morgan fingerprint density at radius 3 is 1.69 bits per heavy atom. The second-order valence-corrected chi connectivity index (χ2v) is 7.27. The first-order chi connectivity index (χ1) is 14.8. The number of carbonyl (C=O) groups excluding carboxylic acids is 1. The molecule has 2 aromatic rings. The quantitative estimate of drug-likeness (QED) is 0.365. The summed E-state index contributed by atoms with van der Waals surface area (Å²) in [5.41, 5.74) is -0.0680. The lowest BCUT2D eigenvalue weighted by atomic mass is 10.2. The van der Waals surface area contributed by atoms with Crippen LogP contribution in [0.4, 0.5) is 40.8 Å². The van der Waals surface area contributed by atoms with Gasteiger partial charge in [-0.1, -0.05) is 15.9 Å². The van der Waals surface area contributed by atoms with E-state index in [9.17, 15) is 39.9 Å². The third-order valence-corrected chi connectivity index (χ3v) is 4.27. The highest BCUT2D eigenvalue weighted by Gasteiger charge is 2.42. The van der Waals surface area contributed by atoms with Gasteiger partial charge < -0.3 is 14.8 Å². The Bertz CT molecular complexity index is 883. The molecular formula is C19H14BrF8NO3. The largest absolute Gasteiger partial charge is 0.487 e. The van der Waals surface area contributed by atoms with Gasteiger partial charge in [0.1, 0.15) is 11.5 Å². The summed E-state index contributed by atoms with van der Waals surface area (Å²) in [6, 6.07) is 8.56. The van der Waals surface area contributed by atoms with Gasteiger partial charge in [-0.05, 0) is 24.3 Å². The van der Waals surface area contributed by atoms with Crippen molar-refractivity contribution < 1.29 is 49.4 Å². The van der Waals surface area contributed by atoms with Crippen molar-refractivity contribution in [1.82, 2.24) is 0 Å². The number of amides is 1. The summed E-state index contributed by atoms with van der Waals surface area (Å²) < 4.78 is 112. The molecule has 0 saturated carbocycles. The lowest BCUT2D eigenvalue weighted by Gasteiger charge is -2.19. The molecule has 0 fully saturated rings. The zero-order valence-corrected chi connectivity index (χ0v) is 17.3. The molecule has 1 amide bonds. The predicted molar refractivity (Wildman–Crippen MR) is 101 cm³/mol. The molecule has 0 saturated heterocycles. The molecule has 4 nitrogen and oxygen atoms in total. The van der Waals surface area contributed by atoms with Crippen LogP contribution in [0.2, 0.25) is 0 Å². The zero-order valence-electron chi connectivity index (χ0n) is 15.7. The SMILES string of the molecule is O=C(Nc1cc(OCC(F)(F)C(F)F)cc(OCC(F)(F)C(F)F)c1)c1ccc(Br)cc1. The van der Waals surface area contributed by atoms with Gasteiger partial charge in [-0.25, -0.2) is 17.6 Å². The number of alkyl halides is 8. The van der Waals surface area contributed by atoms with Gasteiger partial charge >= 0.3 is 24.7 Å². The molecule has 0 heterocycles. The molecule has 0 atom stereocenters. The van der Waals surface area contributed by atoms with Crippen molar-refractivity contribution in [2.75, 3.05) is 18.5 Å². The van der Waals surface area contributed by atoms with Crippen LogP contribution in [-0.4, -0.2) is 43.8 Å². The number of ether oxygens (including phenoxy) is 2. The molecule has 2 aromatic carbocycles. The fourth-order valence-electron chi connectivity index (χ4n) is 2.10. The molecule has 0 unspecified atom stereocenters. The van der Waals surface area contributed by atoms with Gasteiger partial charge in [-0.3, -0.25) is 4.79 Å². The van der Waals surface area contributed by atoms with E-state index in [1.807, 2.05) is 0 Å². The van der Waals surface area contributed by atoms with Crippen molar-refractivity contribution in [1.29, 1.82) is 0 Å². The van der Waals surface area contributed by atoms with Crippen molar-refractivity contribution in [2.45, 2.75) is 24.7 Å². The van der Waals surface area contributed by atoms with Gasteiger partial charge in [0.15, 0.2) is 13.2 Å². The first kappa shape index (κ1) is 25.7. The maximum absolute atomic E-state index is 13.1. The minimum Gasteiger partial charge on any atom is -0.487 e. The standard InChI is InChI=1S/C19H14BrF8NO3/c20-11-3-1-10(2-4-11)15(30)29-12-5-13(31-8-18(25,26)16(21)22)7-14(6-12)32-9-19(27,28)17(23)24/h1-7,16-17H,8-9H2,(H,29,30). The normalized spacial score (nSPS) is 12.2. The van der Waals surface area contributed by atoms with Gasteiger partial charge in [-0.15, -0.1) is 0 Å². The van der Waals surface area contributed by atoms with E-state index >= 15 is 0 Å². The number of anilines is 1. The van der Waals surface area contributed by atoms with Crippen molar-refractivity contribution >= 4 is 27.5 Å². The fourth-order valence-corrected chi connectivity index (χ4v) is 2.36. The number of hydrogen-bond acceptors (Lipinski definition) is 3. The zero-order chi connectivity index (χ0) is 24.1. The Balaban J connectivity index is 2.26. The fraction of sp³-hybridized carbons (Fsp3) is 0.316. The maximum Gasteiger partial charge on any atom is 0.340 e. The maximum atomic E-state index is 13.1. The average molecular weight is 536 g/mol. The van der Waals surface area contributed by atoms with Gasteiger partial charge in [0.25, 0.3) is 5.91 Å². The smallest absolute Gasteiger partial charge is 0.340 e. The summed E-state index contributed by atoms with van der Waals surface area (Å²) in [7, 11) is 0. The molecule has 0 spiro atoms. The molecule has 0 radical (unpaired) electrons. The molecule has 0 aliphatic carbocycles. The Kier molecular flexibility index (Phi) is 8.32. The van der Waals surface area contributed by atoms with E-state index < -0.39 is 55.3 Å². The summed E-state index contributed by atoms with van der Waals surface area (Å²) >= 11 is 3.17. The monoisotopic (exact) mass is 535 g/mol. The molecule has 2 rings (SSSR count). The molecule has 0 aliphatic rings. The van der Waals surface area contributed by atoms with Gasteiger partial charge in [0.2, 0.25) is 0 Å². The molecule has 176 valence electrons. The number of benzene rings is 2. The van der Waals surface area contributed by atoms with E-state index in [0.717, 1.165) is 18.2 Å². The van der Waals surface area contributed by atoms with Gasteiger partial charge in [0, 0.05) is 33.9 Å². The summed E-state index contributed by atoms with van der Waals surface area (Å²) in [4.78, 5) is 12.3. The predicted octanol–water partition coefficient (Wildman–Crippen LogP) is 6.26. The summed E-state index contributed by atoms with van der Waals surface area (Å²) in [6.07, 6.45) is -8.08. The van der Waals surface area contributed by atoms with E-state index in [2.05, 4.69) is 30.7 Å². The minimum absolute atomic E-state index is 0.149. The van der Waals surface area contributed by atoms with E-state index in [1.165, 1.54) is 12.1 Å². The van der Waals surface area contributed by atoms with Crippen LogP contribution in [-0.2, 0) is 0 Å². The van der Waals surface area contributed by atoms with E-state index in [4.69, 9.17) is 0 Å². The second-order valence-electron chi connectivity index (χ2n) is 6.35. The highest BCUT2D eigenvalue weighted by Crippen LogP contribution is 2.31. The Hall–Kier alpha value is -2.57. The lowest BCUT2D eigenvalue weighted by Crippen LogP contribution is -2.34. The van der Waals surface area contributed by atoms with Crippen LogP contribution in [0.1, 0.15) is 10.4 Å². The molecule has 0 bridgehead atoms. The summed E-state index contributed by atoms with van der Waals surface area (Å²) in [5.74, 6) is -10.9. The first-order valence-electron chi connectivity index (χ1n) is 8.60. The second kappa shape index (κ2) is 10.4. The Labute approximate surface area is 184 Å². The van der Waals surface area contributed by atoms with E-state index in [1.54, 1.807) is 12.1 Å². The summed E-state index contributed by atoms with van der Waals surface area (Å²) in [6.45, 7) is -3.55. The van der Waals surface area contributed by atoms with Crippen LogP contribution in [0.5, 0.6) is 11.5 Å².